The third-order valence-corrected chi connectivity index (χ3v) is 4.05. The molecule has 1 fully saturated rings. The van der Waals surface area contributed by atoms with E-state index in [1.807, 2.05) is 0 Å². The highest BCUT2D eigenvalue weighted by Crippen LogP contribution is 2.43. The average molecular weight is 246 g/mol. The van der Waals surface area contributed by atoms with Crippen LogP contribution >= 0.6 is 0 Å². The van der Waals surface area contributed by atoms with E-state index in [1.165, 1.54) is 24.3 Å². The summed E-state index contributed by atoms with van der Waals surface area (Å²) in [6.45, 7) is 8.70. The van der Waals surface area contributed by atoms with Crippen molar-refractivity contribution in [2.24, 2.45) is 5.92 Å². The van der Waals surface area contributed by atoms with Crippen LogP contribution in [0.15, 0.2) is 18.2 Å². The Morgan fingerprint density at radius 2 is 2.22 bits per heavy atom. The number of para-hydroxylation sites is 1. The monoisotopic (exact) mass is 246 g/mol. The van der Waals surface area contributed by atoms with E-state index < -0.39 is 0 Å². The van der Waals surface area contributed by atoms with E-state index in [2.05, 4.69) is 49.2 Å². The molecule has 3 heteroatoms. The van der Waals surface area contributed by atoms with Crippen LogP contribution in [0.2, 0.25) is 0 Å². The van der Waals surface area contributed by atoms with Crippen molar-refractivity contribution in [3.63, 3.8) is 0 Å². The number of benzene rings is 1. The first-order valence-corrected chi connectivity index (χ1v) is 6.97. The number of hydrogen-bond donors (Lipinski definition) is 1. The molecule has 3 rings (SSSR count). The predicted octanol–water partition coefficient (Wildman–Crippen LogP) is 3.11. The molecule has 1 aromatic rings. The van der Waals surface area contributed by atoms with Gasteiger partial charge in [0.05, 0.1) is 11.8 Å². The van der Waals surface area contributed by atoms with Crippen LogP contribution < -0.4 is 15.0 Å². The molecule has 2 atom stereocenters. The maximum atomic E-state index is 5.90. The zero-order valence-electron chi connectivity index (χ0n) is 11.4. The molecule has 98 valence electrons. The fourth-order valence-corrected chi connectivity index (χ4v) is 3.11. The second-order valence-electron chi connectivity index (χ2n) is 5.72. The Bertz CT molecular complexity index is 444. The molecule has 2 heterocycles. The topological polar surface area (TPSA) is 24.5 Å². The Morgan fingerprint density at radius 1 is 1.39 bits per heavy atom. The van der Waals surface area contributed by atoms with Gasteiger partial charge in [-0.25, -0.2) is 0 Å². The Hall–Kier alpha value is -1.38. The van der Waals surface area contributed by atoms with E-state index in [4.69, 9.17) is 4.74 Å². The van der Waals surface area contributed by atoms with Crippen LogP contribution in [0.25, 0.3) is 0 Å². The summed E-state index contributed by atoms with van der Waals surface area (Å²) in [4.78, 5) is 2.55. The van der Waals surface area contributed by atoms with Crippen LogP contribution in [-0.2, 0) is 0 Å². The van der Waals surface area contributed by atoms with Crippen molar-refractivity contribution in [1.82, 2.24) is 0 Å². The molecule has 3 nitrogen and oxygen atoms in total. The number of rotatable bonds is 2. The summed E-state index contributed by atoms with van der Waals surface area (Å²) < 4.78 is 5.90. The van der Waals surface area contributed by atoms with E-state index >= 15 is 0 Å². The molecule has 0 bridgehead atoms. The molecule has 0 aromatic heterocycles. The van der Waals surface area contributed by atoms with Gasteiger partial charge in [-0.1, -0.05) is 13.0 Å². The fourth-order valence-electron chi connectivity index (χ4n) is 3.11. The van der Waals surface area contributed by atoms with Gasteiger partial charge in [0.25, 0.3) is 0 Å². The molecule has 2 aliphatic rings. The number of nitrogens with one attached hydrogen (secondary N) is 1. The van der Waals surface area contributed by atoms with Crippen LogP contribution in [0.3, 0.4) is 0 Å². The molecule has 0 saturated carbocycles. The minimum Gasteiger partial charge on any atom is -0.489 e. The highest BCUT2D eigenvalue weighted by molar-refractivity contribution is 5.79. The van der Waals surface area contributed by atoms with E-state index in [0.717, 1.165) is 18.2 Å². The summed E-state index contributed by atoms with van der Waals surface area (Å²) in [6, 6.07) is 7.02. The largest absolute Gasteiger partial charge is 0.489 e. The molecule has 0 aliphatic carbocycles. The van der Waals surface area contributed by atoms with Gasteiger partial charge in [-0.3, -0.25) is 0 Å². The number of fused-ring (bicyclic) bond motifs is 3. The molecular weight excluding hydrogens is 224 g/mol. The van der Waals surface area contributed by atoms with Crippen molar-refractivity contribution in [2.45, 2.75) is 39.3 Å². The SMILES string of the molecule is CC(C)Oc1cccc2c1NCC1C(C)CCN21. The third kappa shape index (κ3) is 1.82. The van der Waals surface area contributed by atoms with Gasteiger partial charge in [-0.15, -0.1) is 0 Å². The molecule has 18 heavy (non-hydrogen) atoms. The van der Waals surface area contributed by atoms with Crippen LogP contribution in [0.5, 0.6) is 5.75 Å². The fraction of sp³-hybridized carbons (Fsp3) is 0.600. The van der Waals surface area contributed by atoms with Crippen molar-refractivity contribution in [3.05, 3.63) is 18.2 Å². The first-order chi connectivity index (χ1) is 8.66. The van der Waals surface area contributed by atoms with E-state index in [1.54, 1.807) is 0 Å². The summed E-state index contributed by atoms with van der Waals surface area (Å²) in [5, 5.41) is 3.57. The van der Waals surface area contributed by atoms with E-state index in [0.29, 0.717) is 6.04 Å². The van der Waals surface area contributed by atoms with Crippen LogP contribution in [-0.4, -0.2) is 25.2 Å². The van der Waals surface area contributed by atoms with Crippen molar-refractivity contribution in [2.75, 3.05) is 23.3 Å². The van der Waals surface area contributed by atoms with Gasteiger partial charge in [0.15, 0.2) is 0 Å². The summed E-state index contributed by atoms with van der Waals surface area (Å²) in [7, 11) is 0. The molecule has 0 radical (unpaired) electrons. The van der Waals surface area contributed by atoms with Crippen LogP contribution in [0.1, 0.15) is 27.2 Å². The maximum absolute atomic E-state index is 5.90. The maximum Gasteiger partial charge on any atom is 0.144 e. The van der Waals surface area contributed by atoms with Gasteiger partial charge in [-0.2, -0.15) is 0 Å². The van der Waals surface area contributed by atoms with Gasteiger partial charge in [0.1, 0.15) is 11.4 Å². The highest BCUT2D eigenvalue weighted by atomic mass is 16.5. The Morgan fingerprint density at radius 3 is 3.00 bits per heavy atom. The summed E-state index contributed by atoms with van der Waals surface area (Å²) in [5.74, 6) is 1.76. The lowest BCUT2D eigenvalue weighted by molar-refractivity contribution is 0.243. The smallest absolute Gasteiger partial charge is 0.144 e. The number of hydrogen-bond acceptors (Lipinski definition) is 3. The lowest BCUT2D eigenvalue weighted by atomic mass is 10.0. The second kappa shape index (κ2) is 4.38. The summed E-state index contributed by atoms with van der Waals surface area (Å²) >= 11 is 0. The van der Waals surface area contributed by atoms with Gasteiger partial charge in [0, 0.05) is 19.1 Å². The zero-order valence-corrected chi connectivity index (χ0v) is 11.4. The third-order valence-electron chi connectivity index (χ3n) is 4.05. The molecule has 1 saturated heterocycles. The second-order valence-corrected chi connectivity index (χ2v) is 5.72. The summed E-state index contributed by atoms with van der Waals surface area (Å²) in [6.07, 6.45) is 1.51. The lowest BCUT2D eigenvalue weighted by Gasteiger charge is -2.36. The highest BCUT2D eigenvalue weighted by Gasteiger charge is 2.36. The molecule has 0 spiro atoms. The standard InChI is InChI=1S/C15H22N2O/c1-10(2)18-14-6-4-5-12-15(14)16-9-13-11(3)7-8-17(12)13/h4-6,10-11,13,16H,7-9H2,1-3H3. The first kappa shape index (κ1) is 11.7. The molecule has 1 N–H and O–H groups in total. The van der Waals surface area contributed by atoms with Crippen molar-refractivity contribution >= 4 is 11.4 Å². The molecule has 2 unspecified atom stereocenters. The summed E-state index contributed by atoms with van der Waals surface area (Å²) in [5.41, 5.74) is 2.49. The Balaban J connectivity index is 1.96. The zero-order chi connectivity index (χ0) is 12.7. The Labute approximate surface area is 109 Å². The molecule has 0 amide bonds. The lowest BCUT2D eigenvalue weighted by Crippen LogP contribution is -2.42. The van der Waals surface area contributed by atoms with Crippen LogP contribution in [0, 0.1) is 5.92 Å². The number of ether oxygens (including phenoxy) is 1. The molecule has 2 aliphatic heterocycles. The van der Waals surface area contributed by atoms with E-state index in [9.17, 15) is 0 Å². The molecule has 1 aromatic carbocycles. The average Bonchev–Trinajstić information content (AvgIpc) is 2.71. The quantitative estimate of drug-likeness (QED) is 0.867. The van der Waals surface area contributed by atoms with Crippen LogP contribution in [0.4, 0.5) is 11.4 Å². The van der Waals surface area contributed by atoms with Crippen molar-refractivity contribution in [1.29, 1.82) is 0 Å². The molecular formula is C15H22N2O. The van der Waals surface area contributed by atoms with E-state index in [-0.39, 0.29) is 6.10 Å². The first-order valence-electron chi connectivity index (χ1n) is 6.97. The van der Waals surface area contributed by atoms with Gasteiger partial charge < -0.3 is 15.0 Å². The predicted molar refractivity (Wildman–Crippen MR) is 75.6 cm³/mol. The number of nitrogens with zero attached hydrogens (tertiary/aromatic N) is 1. The minimum absolute atomic E-state index is 0.216. The minimum atomic E-state index is 0.216. The van der Waals surface area contributed by atoms with Gasteiger partial charge in [-0.05, 0) is 38.3 Å². The van der Waals surface area contributed by atoms with Gasteiger partial charge >= 0.3 is 0 Å². The number of anilines is 2. The van der Waals surface area contributed by atoms with Gasteiger partial charge in [0.2, 0.25) is 0 Å². The van der Waals surface area contributed by atoms with Crippen molar-refractivity contribution in [3.8, 4) is 5.75 Å². The normalized spacial score (nSPS) is 25.7. The van der Waals surface area contributed by atoms with Crippen molar-refractivity contribution < 1.29 is 4.74 Å². The Kier molecular flexibility index (Phi) is 2.84.